The molecule has 0 aliphatic rings. The van der Waals surface area contributed by atoms with E-state index in [1.807, 2.05) is 6.07 Å². The van der Waals surface area contributed by atoms with Crippen molar-refractivity contribution in [3.05, 3.63) is 62.9 Å². The third kappa shape index (κ3) is 5.14. The number of aromatic amines is 1. The molecule has 2 heterocycles. The average molecular weight is 458 g/mol. The van der Waals surface area contributed by atoms with Crippen LogP contribution in [0.15, 0.2) is 29.6 Å². The van der Waals surface area contributed by atoms with Gasteiger partial charge in [0, 0.05) is 11.1 Å². The molecule has 10 heteroatoms. The Morgan fingerprint density at radius 1 is 1.12 bits per heavy atom. The Morgan fingerprint density at radius 2 is 1.88 bits per heavy atom. The fourth-order valence-corrected chi connectivity index (χ4v) is 3.93. The number of hydrogen-bond donors (Lipinski definition) is 2. The minimum absolute atomic E-state index is 0.0610. The Labute approximate surface area is 188 Å². The van der Waals surface area contributed by atoms with E-state index in [1.54, 1.807) is 37.4 Å². The SMILES string of the molecule is COC(=O)c1c(C)[nH]c(C(=O)OCc2csc(CC(=O)Nc3ccccc3OC)n2)c1C. The van der Waals surface area contributed by atoms with Crippen LogP contribution in [-0.4, -0.2) is 42.0 Å². The number of aryl methyl sites for hydroxylation is 1. The molecular formula is C22H23N3O6S. The topological polar surface area (TPSA) is 120 Å². The highest BCUT2D eigenvalue weighted by Crippen LogP contribution is 2.24. The number of aromatic nitrogens is 2. The van der Waals surface area contributed by atoms with Gasteiger partial charge < -0.3 is 24.5 Å². The standard InChI is InChI=1S/C22H23N3O6S/c1-12-19(21(27)30-4)13(2)23-20(12)22(28)31-10-14-11-32-18(24-14)9-17(26)25-15-7-5-6-8-16(15)29-3/h5-8,11,23H,9-10H2,1-4H3,(H,25,26). The molecule has 9 nitrogen and oxygen atoms in total. The second-order valence-corrected chi connectivity index (χ2v) is 7.79. The van der Waals surface area contributed by atoms with E-state index in [0.29, 0.717) is 39.0 Å². The van der Waals surface area contributed by atoms with Gasteiger partial charge in [-0.25, -0.2) is 14.6 Å². The second-order valence-electron chi connectivity index (χ2n) is 6.85. The molecule has 1 aromatic carbocycles. The van der Waals surface area contributed by atoms with Crippen LogP contribution in [-0.2, 0) is 27.3 Å². The van der Waals surface area contributed by atoms with Crippen LogP contribution in [0.1, 0.15) is 42.8 Å². The number of benzene rings is 1. The van der Waals surface area contributed by atoms with E-state index in [0.717, 1.165) is 0 Å². The molecule has 168 valence electrons. The summed E-state index contributed by atoms with van der Waals surface area (Å²) in [6.45, 7) is 3.26. The quantitative estimate of drug-likeness (QED) is 0.497. The number of amides is 1. The van der Waals surface area contributed by atoms with E-state index in [1.165, 1.54) is 25.6 Å². The molecule has 2 aromatic heterocycles. The number of anilines is 1. The van der Waals surface area contributed by atoms with Crippen molar-refractivity contribution in [1.82, 2.24) is 9.97 Å². The number of nitrogens with zero attached hydrogens (tertiary/aromatic N) is 1. The first kappa shape index (κ1) is 23.0. The third-order valence-electron chi connectivity index (χ3n) is 4.67. The van der Waals surface area contributed by atoms with E-state index in [2.05, 4.69) is 15.3 Å². The van der Waals surface area contributed by atoms with Crippen LogP contribution in [0.25, 0.3) is 0 Å². The third-order valence-corrected chi connectivity index (χ3v) is 5.57. The van der Waals surface area contributed by atoms with E-state index < -0.39 is 11.9 Å². The van der Waals surface area contributed by atoms with E-state index in [-0.39, 0.29) is 24.6 Å². The molecule has 32 heavy (non-hydrogen) atoms. The zero-order valence-corrected chi connectivity index (χ0v) is 18.9. The Bertz CT molecular complexity index is 1150. The molecule has 0 atom stereocenters. The number of hydrogen-bond acceptors (Lipinski definition) is 8. The summed E-state index contributed by atoms with van der Waals surface area (Å²) in [5.41, 5.74) is 2.60. The maximum atomic E-state index is 12.5. The highest BCUT2D eigenvalue weighted by Gasteiger charge is 2.23. The predicted molar refractivity (Wildman–Crippen MR) is 118 cm³/mol. The van der Waals surface area contributed by atoms with Crippen molar-refractivity contribution in [2.24, 2.45) is 0 Å². The number of carbonyl (C=O) groups is 3. The lowest BCUT2D eigenvalue weighted by Gasteiger charge is -2.08. The molecule has 3 aromatic rings. The summed E-state index contributed by atoms with van der Waals surface area (Å²) in [6.07, 6.45) is 0.0775. The summed E-state index contributed by atoms with van der Waals surface area (Å²) in [4.78, 5) is 43.9. The zero-order valence-electron chi connectivity index (χ0n) is 18.1. The van der Waals surface area contributed by atoms with Crippen molar-refractivity contribution in [3.63, 3.8) is 0 Å². The molecule has 0 aliphatic heterocycles. The number of methoxy groups -OCH3 is 2. The smallest absolute Gasteiger partial charge is 0.355 e. The van der Waals surface area contributed by atoms with E-state index in [4.69, 9.17) is 14.2 Å². The number of nitrogens with one attached hydrogen (secondary N) is 2. The van der Waals surface area contributed by atoms with Crippen molar-refractivity contribution < 1.29 is 28.6 Å². The van der Waals surface area contributed by atoms with Gasteiger partial charge in [0.15, 0.2) is 0 Å². The molecule has 2 N–H and O–H groups in total. The lowest BCUT2D eigenvalue weighted by Crippen LogP contribution is -2.15. The largest absolute Gasteiger partial charge is 0.495 e. The van der Waals surface area contributed by atoms with Gasteiger partial charge >= 0.3 is 11.9 Å². The molecule has 0 spiro atoms. The van der Waals surface area contributed by atoms with Crippen LogP contribution < -0.4 is 10.1 Å². The number of esters is 2. The fraction of sp³-hybridized carbons (Fsp3) is 0.273. The first-order valence-electron chi connectivity index (χ1n) is 9.64. The van der Waals surface area contributed by atoms with Crippen LogP contribution in [0.3, 0.4) is 0 Å². The van der Waals surface area contributed by atoms with E-state index in [9.17, 15) is 14.4 Å². The first-order chi connectivity index (χ1) is 15.3. The van der Waals surface area contributed by atoms with Crippen LogP contribution in [0.5, 0.6) is 5.75 Å². The summed E-state index contributed by atoms with van der Waals surface area (Å²) >= 11 is 1.30. The first-order valence-corrected chi connectivity index (χ1v) is 10.5. The summed E-state index contributed by atoms with van der Waals surface area (Å²) < 4.78 is 15.3. The Hall–Kier alpha value is -3.66. The van der Waals surface area contributed by atoms with Gasteiger partial charge in [0.2, 0.25) is 5.91 Å². The minimum Gasteiger partial charge on any atom is -0.495 e. The Morgan fingerprint density at radius 3 is 2.59 bits per heavy atom. The molecule has 0 saturated carbocycles. The average Bonchev–Trinajstić information content (AvgIpc) is 3.35. The van der Waals surface area contributed by atoms with Gasteiger partial charge in [0.1, 0.15) is 23.1 Å². The van der Waals surface area contributed by atoms with Crippen molar-refractivity contribution >= 4 is 34.9 Å². The van der Waals surface area contributed by atoms with Crippen molar-refractivity contribution in [2.45, 2.75) is 26.9 Å². The van der Waals surface area contributed by atoms with Gasteiger partial charge in [0.05, 0.1) is 37.6 Å². The van der Waals surface area contributed by atoms with Gasteiger partial charge in [-0.15, -0.1) is 11.3 Å². The molecule has 0 saturated heterocycles. The van der Waals surface area contributed by atoms with E-state index >= 15 is 0 Å². The molecule has 0 unspecified atom stereocenters. The lowest BCUT2D eigenvalue weighted by molar-refractivity contribution is -0.115. The van der Waals surface area contributed by atoms with Crippen LogP contribution in [0, 0.1) is 13.8 Å². The number of H-pyrrole nitrogens is 1. The predicted octanol–water partition coefficient (Wildman–Crippen LogP) is 3.42. The van der Waals surface area contributed by atoms with Gasteiger partial charge in [0.25, 0.3) is 0 Å². The number of ether oxygens (including phenoxy) is 3. The molecule has 3 rings (SSSR count). The van der Waals surface area contributed by atoms with Crippen LogP contribution in [0.4, 0.5) is 5.69 Å². The maximum Gasteiger partial charge on any atom is 0.355 e. The van der Waals surface area contributed by atoms with Gasteiger partial charge in [-0.2, -0.15) is 0 Å². The zero-order chi connectivity index (χ0) is 23.3. The lowest BCUT2D eigenvalue weighted by atomic mass is 10.1. The highest BCUT2D eigenvalue weighted by atomic mass is 32.1. The number of carbonyl (C=O) groups excluding carboxylic acids is 3. The van der Waals surface area contributed by atoms with Crippen molar-refractivity contribution in [2.75, 3.05) is 19.5 Å². The highest BCUT2D eigenvalue weighted by molar-refractivity contribution is 7.09. The molecular weight excluding hydrogens is 434 g/mol. The monoisotopic (exact) mass is 457 g/mol. The fourth-order valence-electron chi connectivity index (χ4n) is 3.15. The molecule has 1 amide bonds. The summed E-state index contributed by atoms with van der Waals surface area (Å²) in [5, 5.41) is 5.11. The van der Waals surface area contributed by atoms with Crippen LogP contribution >= 0.6 is 11.3 Å². The van der Waals surface area contributed by atoms with Crippen molar-refractivity contribution in [1.29, 1.82) is 0 Å². The normalized spacial score (nSPS) is 10.5. The number of rotatable bonds is 8. The van der Waals surface area contributed by atoms with Crippen LogP contribution in [0.2, 0.25) is 0 Å². The van der Waals surface area contributed by atoms with Gasteiger partial charge in [-0.05, 0) is 31.5 Å². The molecule has 0 radical (unpaired) electrons. The maximum absolute atomic E-state index is 12.5. The summed E-state index contributed by atoms with van der Waals surface area (Å²) in [5.74, 6) is -0.798. The second kappa shape index (κ2) is 10.1. The summed E-state index contributed by atoms with van der Waals surface area (Å²) in [6, 6.07) is 7.12. The van der Waals surface area contributed by atoms with Crippen molar-refractivity contribution in [3.8, 4) is 5.75 Å². The molecule has 0 aliphatic carbocycles. The molecule has 0 bridgehead atoms. The van der Waals surface area contributed by atoms with Gasteiger partial charge in [-0.3, -0.25) is 4.79 Å². The number of thiazole rings is 1. The van der Waals surface area contributed by atoms with Gasteiger partial charge in [-0.1, -0.05) is 12.1 Å². The minimum atomic E-state index is -0.607. The Balaban J connectivity index is 1.58. The summed E-state index contributed by atoms with van der Waals surface area (Å²) in [7, 11) is 2.81. The Kier molecular flexibility index (Phi) is 7.26. The number of para-hydroxylation sites is 2. The molecule has 0 fully saturated rings.